The normalized spacial score (nSPS) is 29.8. The third-order valence-corrected chi connectivity index (χ3v) is 8.08. The first-order chi connectivity index (χ1) is 10.9. The molecule has 1 unspecified atom stereocenters. The van der Waals surface area contributed by atoms with Crippen LogP contribution in [0.4, 0.5) is 0 Å². The van der Waals surface area contributed by atoms with Crippen LogP contribution in [0.15, 0.2) is 0 Å². The predicted octanol–water partition coefficient (Wildman–Crippen LogP) is 2.33. The van der Waals surface area contributed by atoms with Crippen molar-refractivity contribution in [3.8, 4) is 0 Å². The van der Waals surface area contributed by atoms with Crippen molar-refractivity contribution in [1.29, 1.82) is 0 Å². The van der Waals surface area contributed by atoms with Crippen molar-refractivity contribution < 1.29 is 13.2 Å². The molecule has 0 aromatic rings. The van der Waals surface area contributed by atoms with Gasteiger partial charge in [0, 0.05) is 26.2 Å². The highest BCUT2D eigenvalue weighted by atomic mass is 32.2. The molecule has 2 rings (SSSR count). The lowest BCUT2D eigenvalue weighted by Crippen LogP contribution is -2.50. The average molecular weight is 347 g/mol. The van der Waals surface area contributed by atoms with Gasteiger partial charge in [-0.1, -0.05) is 6.92 Å². The summed E-state index contributed by atoms with van der Waals surface area (Å²) in [5.41, 5.74) is 0. The van der Waals surface area contributed by atoms with E-state index in [2.05, 4.69) is 11.8 Å². The van der Waals surface area contributed by atoms with Gasteiger partial charge < -0.3 is 9.64 Å². The van der Waals surface area contributed by atoms with Gasteiger partial charge in [-0.15, -0.1) is 0 Å². The molecule has 0 spiro atoms. The van der Waals surface area contributed by atoms with Gasteiger partial charge in [-0.2, -0.15) is 0 Å². The molecule has 1 aliphatic carbocycles. The lowest BCUT2D eigenvalue weighted by Gasteiger charge is -2.42. The SMILES string of the molecule is COCC(C)S(=O)(=O)N(C)C1CCN(C2CCC(C)CC2)CC1. The van der Waals surface area contributed by atoms with E-state index in [-0.39, 0.29) is 12.6 Å². The molecule has 5 nitrogen and oxygen atoms in total. The number of ether oxygens (including phenoxy) is 1. The summed E-state index contributed by atoms with van der Waals surface area (Å²) in [5.74, 6) is 0.877. The third-order valence-electron chi connectivity index (χ3n) is 5.83. The minimum atomic E-state index is -3.26. The molecule has 1 atom stereocenters. The van der Waals surface area contributed by atoms with Crippen molar-refractivity contribution in [1.82, 2.24) is 9.21 Å². The number of sulfonamides is 1. The van der Waals surface area contributed by atoms with Gasteiger partial charge in [-0.25, -0.2) is 12.7 Å². The van der Waals surface area contributed by atoms with E-state index in [1.165, 1.54) is 25.7 Å². The molecule has 0 bridgehead atoms. The fraction of sp³-hybridized carbons (Fsp3) is 1.00. The highest BCUT2D eigenvalue weighted by molar-refractivity contribution is 7.89. The summed E-state index contributed by atoms with van der Waals surface area (Å²) in [4.78, 5) is 2.60. The molecule has 0 radical (unpaired) electrons. The summed E-state index contributed by atoms with van der Waals surface area (Å²) in [7, 11) is 0.0307. The molecular formula is C17H34N2O3S. The van der Waals surface area contributed by atoms with Crippen LogP contribution in [0.1, 0.15) is 52.4 Å². The number of nitrogens with zero attached hydrogens (tertiary/aromatic N) is 2. The molecule has 1 saturated heterocycles. The summed E-state index contributed by atoms with van der Waals surface area (Å²) < 4.78 is 31.8. The molecule has 0 aromatic carbocycles. The molecule has 2 aliphatic rings. The lowest BCUT2D eigenvalue weighted by atomic mass is 9.85. The smallest absolute Gasteiger partial charge is 0.218 e. The second-order valence-corrected chi connectivity index (χ2v) is 9.92. The third kappa shape index (κ3) is 4.68. The van der Waals surface area contributed by atoms with Gasteiger partial charge in [-0.3, -0.25) is 0 Å². The van der Waals surface area contributed by atoms with E-state index in [0.29, 0.717) is 0 Å². The van der Waals surface area contributed by atoms with Crippen LogP contribution in [0.2, 0.25) is 0 Å². The van der Waals surface area contributed by atoms with Crippen LogP contribution in [-0.4, -0.2) is 68.8 Å². The molecule has 1 aliphatic heterocycles. The van der Waals surface area contributed by atoms with Crippen molar-refractivity contribution in [3.63, 3.8) is 0 Å². The van der Waals surface area contributed by atoms with Crippen LogP contribution >= 0.6 is 0 Å². The lowest BCUT2D eigenvalue weighted by molar-refractivity contribution is 0.0925. The second kappa shape index (κ2) is 8.28. The fourth-order valence-electron chi connectivity index (χ4n) is 4.03. The highest BCUT2D eigenvalue weighted by Gasteiger charge is 2.35. The van der Waals surface area contributed by atoms with E-state index in [1.807, 2.05) is 0 Å². The standard InChI is InChI=1S/C17H34N2O3S/c1-14-5-7-17(8-6-14)19-11-9-16(10-12-19)18(3)23(20,21)15(2)13-22-4/h14-17H,5-13H2,1-4H3. The summed E-state index contributed by atoms with van der Waals surface area (Å²) in [6.45, 7) is 6.40. The highest BCUT2D eigenvalue weighted by Crippen LogP contribution is 2.30. The number of piperidine rings is 1. The zero-order valence-electron chi connectivity index (χ0n) is 15.2. The van der Waals surface area contributed by atoms with Crippen molar-refractivity contribution in [2.45, 2.75) is 69.7 Å². The maximum atomic E-state index is 12.6. The molecule has 1 heterocycles. The summed E-state index contributed by atoms with van der Waals surface area (Å²) in [5, 5.41) is -0.477. The van der Waals surface area contributed by atoms with Gasteiger partial charge in [0.15, 0.2) is 0 Å². The Bertz CT molecular complexity index is 452. The Kier molecular flexibility index (Phi) is 6.89. The number of likely N-dealkylation sites (tertiary alicyclic amines) is 1. The fourth-order valence-corrected chi connectivity index (χ4v) is 5.54. The molecule has 2 fully saturated rings. The summed E-state index contributed by atoms with van der Waals surface area (Å²) in [6, 6.07) is 0.861. The molecule has 0 N–H and O–H groups in total. The van der Waals surface area contributed by atoms with Gasteiger partial charge in [0.1, 0.15) is 0 Å². The van der Waals surface area contributed by atoms with Gasteiger partial charge in [0.05, 0.1) is 11.9 Å². The Balaban J connectivity index is 1.86. The van der Waals surface area contributed by atoms with E-state index in [1.54, 1.807) is 25.4 Å². The van der Waals surface area contributed by atoms with Crippen molar-refractivity contribution >= 4 is 10.0 Å². The molecule has 6 heteroatoms. The van der Waals surface area contributed by atoms with Crippen LogP contribution < -0.4 is 0 Å². The van der Waals surface area contributed by atoms with E-state index in [4.69, 9.17) is 4.74 Å². The molecular weight excluding hydrogens is 312 g/mol. The number of hydrogen-bond donors (Lipinski definition) is 0. The Morgan fingerprint density at radius 1 is 1.13 bits per heavy atom. The predicted molar refractivity (Wildman–Crippen MR) is 94.0 cm³/mol. The zero-order chi connectivity index (χ0) is 17.0. The van der Waals surface area contributed by atoms with E-state index >= 15 is 0 Å². The maximum absolute atomic E-state index is 12.6. The maximum Gasteiger partial charge on any atom is 0.218 e. The Labute approximate surface area is 142 Å². The van der Waals surface area contributed by atoms with E-state index < -0.39 is 15.3 Å². The van der Waals surface area contributed by atoms with E-state index in [9.17, 15) is 8.42 Å². The molecule has 0 aromatic heterocycles. The Morgan fingerprint density at radius 3 is 2.22 bits per heavy atom. The quantitative estimate of drug-likeness (QED) is 0.741. The van der Waals surface area contributed by atoms with Gasteiger partial charge >= 0.3 is 0 Å². The van der Waals surface area contributed by atoms with Gasteiger partial charge in [0.2, 0.25) is 10.0 Å². The summed E-state index contributed by atoms with van der Waals surface area (Å²) in [6.07, 6.45) is 7.19. The minimum Gasteiger partial charge on any atom is -0.383 e. The Hall–Kier alpha value is -0.170. The van der Waals surface area contributed by atoms with Crippen LogP contribution in [0.3, 0.4) is 0 Å². The van der Waals surface area contributed by atoms with Crippen LogP contribution in [0, 0.1) is 5.92 Å². The van der Waals surface area contributed by atoms with Crippen molar-refractivity contribution in [2.24, 2.45) is 5.92 Å². The van der Waals surface area contributed by atoms with Gasteiger partial charge in [0.25, 0.3) is 0 Å². The monoisotopic (exact) mass is 346 g/mol. The molecule has 0 amide bonds. The second-order valence-electron chi connectivity index (χ2n) is 7.51. The first-order valence-corrected chi connectivity index (χ1v) is 10.6. The van der Waals surface area contributed by atoms with Crippen LogP contribution in [0.25, 0.3) is 0 Å². The first kappa shape index (κ1) is 19.2. The number of rotatable bonds is 6. The van der Waals surface area contributed by atoms with Gasteiger partial charge in [-0.05, 0) is 64.5 Å². The average Bonchev–Trinajstić information content (AvgIpc) is 2.55. The number of hydrogen-bond acceptors (Lipinski definition) is 4. The van der Waals surface area contributed by atoms with Crippen LogP contribution in [-0.2, 0) is 14.8 Å². The molecule has 136 valence electrons. The Morgan fingerprint density at radius 2 is 1.70 bits per heavy atom. The van der Waals surface area contributed by atoms with Crippen molar-refractivity contribution in [2.75, 3.05) is 33.9 Å². The topological polar surface area (TPSA) is 49.9 Å². The van der Waals surface area contributed by atoms with E-state index in [0.717, 1.165) is 37.9 Å². The zero-order valence-corrected chi connectivity index (χ0v) is 16.0. The largest absolute Gasteiger partial charge is 0.383 e. The summed E-state index contributed by atoms with van der Waals surface area (Å²) >= 11 is 0. The first-order valence-electron chi connectivity index (χ1n) is 9.06. The van der Waals surface area contributed by atoms with Crippen molar-refractivity contribution in [3.05, 3.63) is 0 Å². The minimum absolute atomic E-state index is 0.137. The number of methoxy groups -OCH3 is 1. The van der Waals surface area contributed by atoms with Crippen LogP contribution in [0.5, 0.6) is 0 Å². The molecule has 23 heavy (non-hydrogen) atoms. The molecule has 1 saturated carbocycles.